The molecule has 0 atom stereocenters. The van der Waals surface area contributed by atoms with Gasteiger partial charge in [0.05, 0.1) is 0 Å². The monoisotopic (exact) mass is 574 g/mol. The lowest BCUT2D eigenvalue weighted by Gasteiger charge is -2.29. The van der Waals surface area contributed by atoms with E-state index < -0.39 is 5.60 Å². The Hall–Kier alpha value is -3.29. The number of nitrogens with one attached hydrogen (secondary N) is 1. The summed E-state index contributed by atoms with van der Waals surface area (Å²) in [6.45, 7) is 9.01. The first-order chi connectivity index (χ1) is 18.3. The van der Waals surface area contributed by atoms with Crippen LogP contribution < -0.4 is 5.32 Å². The lowest BCUT2D eigenvalue weighted by Crippen LogP contribution is -2.39. The fourth-order valence-corrected chi connectivity index (χ4v) is 4.52. The first-order valence-electron chi connectivity index (χ1n) is 13.0. The smallest absolute Gasteiger partial charge is 0.410 e. The molecule has 0 fully saturated rings. The normalized spacial score (nSPS) is 15.5. The van der Waals surface area contributed by atoms with E-state index in [0.717, 1.165) is 41.8 Å². The Kier molecular flexibility index (Phi) is 9.48. The summed E-state index contributed by atoms with van der Waals surface area (Å²) >= 11 is 3.44. The molecule has 2 aliphatic rings. The van der Waals surface area contributed by atoms with Gasteiger partial charge >= 0.3 is 6.09 Å². The van der Waals surface area contributed by atoms with Crippen LogP contribution in [0.3, 0.4) is 0 Å². The Morgan fingerprint density at radius 2 is 1.50 bits per heavy atom. The number of hydrogen-bond donors (Lipinski definition) is 1. The number of ether oxygens (including phenoxy) is 1. The van der Waals surface area contributed by atoms with E-state index in [1.54, 1.807) is 17.3 Å². The summed E-state index contributed by atoms with van der Waals surface area (Å²) in [6.07, 6.45) is 9.64. The van der Waals surface area contributed by atoms with Gasteiger partial charge in [-0.15, -0.1) is 0 Å². The molecule has 3 heterocycles. The van der Waals surface area contributed by atoms with Crippen LogP contribution in [-0.4, -0.2) is 52.7 Å². The van der Waals surface area contributed by atoms with Crippen LogP contribution in [0.25, 0.3) is 22.5 Å². The Balaban J connectivity index is 0.000000178. The number of rotatable bonds is 3. The SMILES string of the molecule is C1=C(c2ccc(-c3ncccn3)cc2)CCNC1.CC(C)(C)OC(=O)N1CC=C(c2ccc(Br)cc2)CC1. The number of halogens is 1. The van der Waals surface area contributed by atoms with Crippen molar-refractivity contribution >= 4 is 33.2 Å². The minimum atomic E-state index is -0.438. The second-order valence-corrected chi connectivity index (χ2v) is 11.2. The molecule has 2 aromatic carbocycles. The van der Waals surface area contributed by atoms with Crippen LogP contribution in [0.1, 0.15) is 44.7 Å². The van der Waals surface area contributed by atoms with Gasteiger partial charge in [0.1, 0.15) is 5.60 Å². The second kappa shape index (κ2) is 13.0. The van der Waals surface area contributed by atoms with E-state index in [2.05, 4.69) is 79.8 Å². The van der Waals surface area contributed by atoms with Crippen molar-refractivity contribution in [3.63, 3.8) is 0 Å². The Morgan fingerprint density at radius 1 is 0.895 bits per heavy atom. The third-order valence-corrected chi connectivity index (χ3v) is 6.75. The number of aromatic nitrogens is 2. The molecule has 7 heteroatoms. The summed E-state index contributed by atoms with van der Waals surface area (Å²) in [6, 6.07) is 18.6. The van der Waals surface area contributed by atoms with E-state index in [0.29, 0.717) is 13.1 Å². The number of amides is 1. The molecule has 1 N–H and O–H groups in total. The average molecular weight is 576 g/mol. The van der Waals surface area contributed by atoms with Crippen molar-refractivity contribution in [2.24, 2.45) is 0 Å². The van der Waals surface area contributed by atoms with Gasteiger partial charge in [-0.1, -0.05) is 64.5 Å². The highest BCUT2D eigenvalue weighted by molar-refractivity contribution is 9.10. The molecule has 38 heavy (non-hydrogen) atoms. The van der Waals surface area contributed by atoms with Gasteiger partial charge in [-0.2, -0.15) is 0 Å². The predicted octanol–water partition coefficient (Wildman–Crippen LogP) is 6.99. The molecule has 0 unspecified atom stereocenters. The highest BCUT2D eigenvalue weighted by Crippen LogP contribution is 2.25. The molecule has 0 saturated carbocycles. The molecule has 0 spiro atoms. The molecule has 6 nitrogen and oxygen atoms in total. The topological polar surface area (TPSA) is 67.4 Å². The van der Waals surface area contributed by atoms with Gasteiger partial charge in [-0.25, -0.2) is 14.8 Å². The maximum Gasteiger partial charge on any atom is 0.410 e. The van der Waals surface area contributed by atoms with Crippen LogP contribution in [0.15, 0.2) is 83.6 Å². The summed E-state index contributed by atoms with van der Waals surface area (Å²) in [7, 11) is 0. The first-order valence-corrected chi connectivity index (χ1v) is 13.8. The zero-order valence-electron chi connectivity index (χ0n) is 22.3. The van der Waals surface area contributed by atoms with Crippen molar-refractivity contribution in [2.75, 3.05) is 26.2 Å². The van der Waals surface area contributed by atoms with Crippen molar-refractivity contribution in [1.29, 1.82) is 0 Å². The number of carbonyl (C=O) groups excluding carboxylic acids is 1. The standard InChI is InChI=1S/C16H20BrNO2.C15H15N3/c1-16(2,3)20-15(19)18-10-8-13(9-11-18)12-4-6-14(17)7-5-12;1-8-17-15(18-9-1)14-4-2-12(3-5-14)13-6-10-16-11-7-13/h4-8H,9-11H2,1-3H3;1-6,8-9,16H,7,10-11H2. The van der Waals surface area contributed by atoms with Crippen LogP contribution in [0, 0.1) is 0 Å². The van der Waals surface area contributed by atoms with Crippen molar-refractivity contribution in [1.82, 2.24) is 20.2 Å². The summed E-state index contributed by atoms with van der Waals surface area (Å²) in [5, 5.41) is 3.33. The van der Waals surface area contributed by atoms with Gasteiger partial charge in [0.2, 0.25) is 0 Å². The minimum Gasteiger partial charge on any atom is -0.444 e. The zero-order valence-corrected chi connectivity index (χ0v) is 23.9. The van der Waals surface area contributed by atoms with Crippen LogP contribution in [0.5, 0.6) is 0 Å². The Morgan fingerprint density at radius 3 is 2.05 bits per heavy atom. The molecule has 1 aromatic heterocycles. The van der Waals surface area contributed by atoms with Gasteiger partial charge in [0.15, 0.2) is 5.82 Å². The molecule has 198 valence electrons. The van der Waals surface area contributed by atoms with Gasteiger partial charge < -0.3 is 15.0 Å². The zero-order chi connectivity index (χ0) is 27.0. The van der Waals surface area contributed by atoms with Gasteiger partial charge in [-0.3, -0.25) is 0 Å². The second-order valence-electron chi connectivity index (χ2n) is 10.2. The fourth-order valence-electron chi connectivity index (χ4n) is 4.25. The van der Waals surface area contributed by atoms with E-state index in [9.17, 15) is 4.79 Å². The molecule has 0 radical (unpaired) electrons. The average Bonchev–Trinajstić information content (AvgIpc) is 2.94. The van der Waals surface area contributed by atoms with E-state index >= 15 is 0 Å². The highest BCUT2D eigenvalue weighted by Gasteiger charge is 2.23. The summed E-state index contributed by atoms with van der Waals surface area (Å²) in [4.78, 5) is 22.2. The lowest BCUT2D eigenvalue weighted by molar-refractivity contribution is 0.0270. The maximum atomic E-state index is 12.0. The van der Waals surface area contributed by atoms with E-state index in [1.807, 2.05) is 39.0 Å². The molecular formula is C31H35BrN4O2. The van der Waals surface area contributed by atoms with Gasteiger partial charge in [0.25, 0.3) is 0 Å². The van der Waals surface area contributed by atoms with Crippen molar-refractivity contribution in [3.8, 4) is 11.4 Å². The van der Waals surface area contributed by atoms with E-state index in [4.69, 9.17) is 4.74 Å². The molecule has 0 aliphatic carbocycles. The summed E-state index contributed by atoms with van der Waals surface area (Å²) in [5.74, 6) is 0.781. The minimum absolute atomic E-state index is 0.233. The predicted molar refractivity (Wildman–Crippen MR) is 157 cm³/mol. The van der Waals surface area contributed by atoms with Crippen molar-refractivity contribution < 1.29 is 9.53 Å². The fraction of sp³-hybridized carbons (Fsp3) is 0.323. The molecule has 0 bridgehead atoms. The third kappa shape index (κ3) is 8.10. The number of carbonyl (C=O) groups is 1. The van der Waals surface area contributed by atoms with Crippen LogP contribution in [0.4, 0.5) is 4.79 Å². The van der Waals surface area contributed by atoms with Crippen LogP contribution in [-0.2, 0) is 4.74 Å². The number of benzene rings is 2. The van der Waals surface area contributed by atoms with Gasteiger partial charge in [0, 0.05) is 42.1 Å². The van der Waals surface area contributed by atoms with Crippen LogP contribution >= 0.6 is 15.9 Å². The maximum absolute atomic E-state index is 12.0. The quantitative estimate of drug-likeness (QED) is 0.365. The molecule has 1 amide bonds. The summed E-state index contributed by atoms with van der Waals surface area (Å²) < 4.78 is 6.46. The third-order valence-electron chi connectivity index (χ3n) is 6.22. The Bertz CT molecular complexity index is 1260. The number of hydrogen-bond acceptors (Lipinski definition) is 5. The molecule has 5 rings (SSSR count). The van der Waals surface area contributed by atoms with Crippen molar-refractivity contribution in [2.45, 2.75) is 39.2 Å². The molecule has 0 saturated heterocycles. The Labute approximate surface area is 234 Å². The lowest BCUT2D eigenvalue weighted by atomic mass is 9.99. The number of nitrogens with zero attached hydrogens (tertiary/aromatic N) is 3. The summed E-state index contributed by atoms with van der Waals surface area (Å²) in [5.41, 5.74) is 5.86. The highest BCUT2D eigenvalue weighted by atomic mass is 79.9. The molecule has 2 aliphatic heterocycles. The molecular weight excluding hydrogens is 540 g/mol. The first kappa shape index (κ1) is 27.7. The molecule has 3 aromatic rings. The van der Waals surface area contributed by atoms with Crippen LogP contribution in [0.2, 0.25) is 0 Å². The van der Waals surface area contributed by atoms with E-state index in [1.165, 1.54) is 22.3 Å². The van der Waals surface area contributed by atoms with E-state index in [-0.39, 0.29) is 6.09 Å². The van der Waals surface area contributed by atoms with Gasteiger partial charge in [-0.05, 0) is 80.6 Å². The van der Waals surface area contributed by atoms with Crippen molar-refractivity contribution in [3.05, 3.63) is 94.7 Å². The largest absolute Gasteiger partial charge is 0.444 e.